The predicted octanol–water partition coefficient (Wildman–Crippen LogP) is 3.39. The molecule has 0 unspecified atom stereocenters. The van der Waals surface area contributed by atoms with Crippen molar-refractivity contribution in [1.82, 2.24) is 10.3 Å². The van der Waals surface area contributed by atoms with E-state index in [1.165, 1.54) is 10.4 Å². The van der Waals surface area contributed by atoms with E-state index in [2.05, 4.69) is 28.7 Å². The number of hydrogen-bond donors (Lipinski definition) is 1. The average molecular weight is 253 g/mol. The van der Waals surface area contributed by atoms with E-state index in [0.29, 0.717) is 5.15 Å². The van der Waals surface area contributed by atoms with Crippen LogP contribution >= 0.6 is 22.9 Å². The number of thiophene rings is 1. The Bertz CT molecular complexity index is 468. The van der Waals surface area contributed by atoms with E-state index in [1.54, 1.807) is 17.5 Å². The van der Waals surface area contributed by atoms with Crippen LogP contribution in [0.5, 0.6) is 0 Å². The van der Waals surface area contributed by atoms with Gasteiger partial charge < -0.3 is 5.32 Å². The predicted molar refractivity (Wildman–Crippen MR) is 68.8 cm³/mol. The van der Waals surface area contributed by atoms with Crippen LogP contribution in [0.15, 0.2) is 29.8 Å². The van der Waals surface area contributed by atoms with Gasteiger partial charge in [0.2, 0.25) is 0 Å². The van der Waals surface area contributed by atoms with E-state index in [1.807, 2.05) is 12.1 Å². The molecule has 0 aromatic carbocycles. The summed E-state index contributed by atoms with van der Waals surface area (Å²) < 4.78 is 0. The van der Waals surface area contributed by atoms with Crippen LogP contribution in [0.25, 0.3) is 0 Å². The van der Waals surface area contributed by atoms with Crippen molar-refractivity contribution in [3.05, 3.63) is 50.9 Å². The molecule has 2 aromatic rings. The highest BCUT2D eigenvalue weighted by molar-refractivity contribution is 7.10. The number of halogens is 1. The van der Waals surface area contributed by atoms with Gasteiger partial charge in [0.05, 0.1) is 0 Å². The summed E-state index contributed by atoms with van der Waals surface area (Å²) in [5, 5.41) is 6.07. The van der Waals surface area contributed by atoms with Gasteiger partial charge in [-0.3, -0.25) is 0 Å². The molecule has 4 heteroatoms. The molecule has 0 radical (unpaired) electrons. The molecule has 0 saturated carbocycles. The second-order valence-electron chi connectivity index (χ2n) is 3.58. The fraction of sp³-hybridized carbons (Fsp3) is 0.250. The first-order chi connectivity index (χ1) is 7.77. The first-order valence-electron chi connectivity index (χ1n) is 5.10. The van der Waals surface area contributed by atoms with E-state index in [-0.39, 0.29) is 0 Å². The van der Waals surface area contributed by atoms with Crippen molar-refractivity contribution in [2.24, 2.45) is 0 Å². The monoisotopic (exact) mass is 252 g/mol. The van der Waals surface area contributed by atoms with E-state index < -0.39 is 0 Å². The average Bonchev–Trinajstić information content (AvgIpc) is 2.67. The van der Waals surface area contributed by atoms with Crippen molar-refractivity contribution in [2.75, 3.05) is 0 Å². The molecule has 0 atom stereocenters. The molecule has 2 heterocycles. The molecule has 1 N–H and O–H groups in total. The molecule has 84 valence electrons. The summed E-state index contributed by atoms with van der Waals surface area (Å²) in [4.78, 5) is 5.42. The Kier molecular flexibility index (Phi) is 3.93. The van der Waals surface area contributed by atoms with Crippen molar-refractivity contribution < 1.29 is 0 Å². The summed E-state index contributed by atoms with van der Waals surface area (Å²) in [6, 6.07) is 6.03. The van der Waals surface area contributed by atoms with Crippen LogP contribution < -0.4 is 5.32 Å². The molecule has 0 saturated heterocycles. The quantitative estimate of drug-likeness (QED) is 0.844. The molecule has 0 aliphatic carbocycles. The van der Waals surface area contributed by atoms with Crippen LogP contribution in [0.2, 0.25) is 5.15 Å². The lowest BCUT2D eigenvalue weighted by molar-refractivity contribution is 0.697. The Morgan fingerprint density at radius 1 is 1.38 bits per heavy atom. The van der Waals surface area contributed by atoms with Crippen LogP contribution in [-0.2, 0) is 13.1 Å². The second kappa shape index (κ2) is 5.43. The Hall–Kier alpha value is -0.900. The third kappa shape index (κ3) is 2.82. The molecule has 0 bridgehead atoms. The molecule has 2 nitrogen and oxygen atoms in total. The zero-order valence-corrected chi connectivity index (χ0v) is 10.6. The number of nitrogens with zero attached hydrogens (tertiary/aromatic N) is 1. The normalized spacial score (nSPS) is 10.6. The van der Waals surface area contributed by atoms with Crippen molar-refractivity contribution in [1.29, 1.82) is 0 Å². The smallest absolute Gasteiger partial charge is 0.133 e. The highest BCUT2D eigenvalue weighted by Crippen LogP contribution is 2.16. The van der Waals surface area contributed by atoms with Crippen molar-refractivity contribution >= 4 is 22.9 Å². The maximum atomic E-state index is 5.97. The van der Waals surface area contributed by atoms with Crippen LogP contribution in [0.4, 0.5) is 0 Å². The van der Waals surface area contributed by atoms with Gasteiger partial charge in [-0.15, -0.1) is 11.3 Å². The SMILES string of the molecule is Cc1ccsc1CNCc1cccnc1Cl. The van der Waals surface area contributed by atoms with Crippen molar-refractivity contribution in [3.63, 3.8) is 0 Å². The second-order valence-corrected chi connectivity index (χ2v) is 4.94. The van der Waals surface area contributed by atoms with Gasteiger partial charge in [0, 0.05) is 29.7 Å². The number of aromatic nitrogens is 1. The largest absolute Gasteiger partial charge is 0.308 e. The number of aryl methyl sites for hydroxylation is 1. The Morgan fingerprint density at radius 3 is 2.94 bits per heavy atom. The van der Waals surface area contributed by atoms with Gasteiger partial charge in [0.15, 0.2) is 0 Å². The lowest BCUT2D eigenvalue weighted by Gasteiger charge is -2.05. The molecule has 16 heavy (non-hydrogen) atoms. The summed E-state index contributed by atoms with van der Waals surface area (Å²) in [6.45, 7) is 3.77. The molecule has 0 spiro atoms. The van der Waals surface area contributed by atoms with Crippen LogP contribution in [-0.4, -0.2) is 4.98 Å². The molecule has 2 rings (SSSR count). The summed E-state index contributed by atoms with van der Waals surface area (Å²) in [5.74, 6) is 0. The molecule has 0 fully saturated rings. The summed E-state index contributed by atoms with van der Waals surface area (Å²) in [6.07, 6.45) is 1.70. The number of nitrogens with one attached hydrogen (secondary N) is 1. The lowest BCUT2D eigenvalue weighted by Crippen LogP contribution is -2.12. The van der Waals surface area contributed by atoms with E-state index in [4.69, 9.17) is 11.6 Å². The minimum absolute atomic E-state index is 0.581. The Labute approximate surface area is 104 Å². The Balaban J connectivity index is 1.89. The fourth-order valence-electron chi connectivity index (χ4n) is 1.45. The van der Waals surface area contributed by atoms with Gasteiger partial charge in [-0.2, -0.15) is 0 Å². The highest BCUT2D eigenvalue weighted by Gasteiger charge is 2.01. The van der Waals surface area contributed by atoms with Crippen LogP contribution in [0.1, 0.15) is 16.0 Å². The van der Waals surface area contributed by atoms with Crippen molar-refractivity contribution in [3.8, 4) is 0 Å². The maximum Gasteiger partial charge on any atom is 0.133 e. The maximum absolute atomic E-state index is 5.97. The Morgan fingerprint density at radius 2 is 2.25 bits per heavy atom. The zero-order chi connectivity index (χ0) is 11.4. The molecule has 0 aliphatic rings. The van der Waals surface area contributed by atoms with Gasteiger partial charge >= 0.3 is 0 Å². The first kappa shape index (κ1) is 11.6. The van der Waals surface area contributed by atoms with Gasteiger partial charge in [0.25, 0.3) is 0 Å². The van der Waals surface area contributed by atoms with E-state index in [0.717, 1.165) is 18.7 Å². The van der Waals surface area contributed by atoms with Crippen molar-refractivity contribution in [2.45, 2.75) is 20.0 Å². The highest BCUT2D eigenvalue weighted by atomic mass is 35.5. The molecule has 0 aliphatic heterocycles. The van der Waals surface area contributed by atoms with Crippen LogP contribution in [0, 0.1) is 6.92 Å². The molecule has 2 aromatic heterocycles. The first-order valence-corrected chi connectivity index (χ1v) is 6.36. The summed E-state index contributed by atoms with van der Waals surface area (Å²) in [5.41, 5.74) is 2.38. The lowest BCUT2D eigenvalue weighted by atomic mass is 10.2. The third-order valence-electron chi connectivity index (χ3n) is 2.41. The minimum atomic E-state index is 0.581. The number of hydrogen-bond acceptors (Lipinski definition) is 3. The summed E-state index contributed by atoms with van der Waals surface area (Å²) in [7, 11) is 0. The third-order valence-corrected chi connectivity index (χ3v) is 3.77. The zero-order valence-electron chi connectivity index (χ0n) is 9.03. The van der Waals surface area contributed by atoms with Gasteiger partial charge in [-0.25, -0.2) is 4.98 Å². The topological polar surface area (TPSA) is 24.9 Å². The van der Waals surface area contributed by atoms with E-state index >= 15 is 0 Å². The van der Waals surface area contributed by atoms with Gasteiger partial charge in [0.1, 0.15) is 5.15 Å². The van der Waals surface area contributed by atoms with Crippen LogP contribution in [0.3, 0.4) is 0 Å². The number of rotatable bonds is 4. The fourth-order valence-corrected chi connectivity index (χ4v) is 2.51. The van der Waals surface area contributed by atoms with Gasteiger partial charge in [-0.1, -0.05) is 17.7 Å². The minimum Gasteiger partial charge on any atom is -0.308 e. The van der Waals surface area contributed by atoms with Gasteiger partial charge in [-0.05, 0) is 30.0 Å². The summed E-state index contributed by atoms with van der Waals surface area (Å²) >= 11 is 7.75. The van der Waals surface area contributed by atoms with E-state index in [9.17, 15) is 0 Å². The molecule has 0 amide bonds. The molecular weight excluding hydrogens is 240 g/mol. The molecular formula is C12H13ClN2S. The standard InChI is InChI=1S/C12H13ClN2S/c1-9-4-6-16-11(9)8-14-7-10-3-2-5-15-12(10)13/h2-6,14H,7-8H2,1H3. The number of pyridine rings is 1.